The maximum atomic E-state index is 14.1. The van der Waals surface area contributed by atoms with Crippen LogP contribution in [0.15, 0.2) is 53.0 Å². The van der Waals surface area contributed by atoms with E-state index in [9.17, 15) is 13.2 Å². The second kappa shape index (κ2) is 11.1. The van der Waals surface area contributed by atoms with Crippen molar-refractivity contribution in [1.82, 2.24) is 14.3 Å². The molecule has 0 radical (unpaired) electrons. The number of anilines is 1. The average molecular weight is 593 g/mol. The summed E-state index contributed by atoms with van der Waals surface area (Å²) in [5.74, 6) is 0.459. The summed E-state index contributed by atoms with van der Waals surface area (Å²) in [7, 11) is -0.608. The van der Waals surface area contributed by atoms with Gasteiger partial charge in [0.1, 0.15) is 25.9 Å². The lowest BCUT2D eigenvalue weighted by molar-refractivity contribution is -0.123. The van der Waals surface area contributed by atoms with Gasteiger partial charge in [0.25, 0.3) is 10.0 Å². The summed E-state index contributed by atoms with van der Waals surface area (Å²) in [6, 6.07) is 10.3. The normalized spacial score (nSPS) is 16.4. The van der Waals surface area contributed by atoms with E-state index in [2.05, 4.69) is 4.98 Å². The Morgan fingerprint density at radius 2 is 1.95 bits per heavy atom. The van der Waals surface area contributed by atoms with Crippen molar-refractivity contribution in [2.75, 3.05) is 32.2 Å². The second-order valence-electron chi connectivity index (χ2n) is 8.69. The van der Waals surface area contributed by atoms with E-state index in [0.29, 0.717) is 45.9 Å². The van der Waals surface area contributed by atoms with Crippen molar-refractivity contribution in [2.24, 2.45) is 5.92 Å². The number of halogens is 1. The van der Waals surface area contributed by atoms with E-state index in [4.69, 9.17) is 26.1 Å². The van der Waals surface area contributed by atoms with Crippen LogP contribution in [0.25, 0.3) is 10.2 Å². The lowest BCUT2D eigenvalue weighted by Crippen LogP contribution is -2.46. The molecule has 13 heteroatoms. The average Bonchev–Trinajstić information content (AvgIpc) is 3.59. The molecule has 4 aromatic rings. The number of pyridine rings is 1. The molecular formula is C25H25ClN4O5S3. The standard InChI is InChI=1S/C25H25ClN4O5S3/c1-34-18-7-8-19(35-2)23-22(18)28-25(37-23)30(14-16-5-3-11-27-13-16)24(31)17-6-4-12-29(15-17)38(32,33)21-10-9-20(26)36-21/h3,5,7-11,13,17H,4,6,12,14-15H2,1-2H3. The Balaban J connectivity index is 1.50. The van der Waals surface area contributed by atoms with Gasteiger partial charge >= 0.3 is 0 Å². The molecule has 4 heterocycles. The number of methoxy groups -OCH3 is 2. The summed E-state index contributed by atoms with van der Waals surface area (Å²) >= 11 is 8.33. The number of carbonyl (C=O) groups excluding carboxylic acids is 1. The maximum Gasteiger partial charge on any atom is 0.252 e. The summed E-state index contributed by atoms with van der Waals surface area (Å²) in [5, 5.41) is 0.474. The molecule has 0 spiro atoms. The monoisotopic (exact) mass is 592 g/mol. The van der Waals surface area contributed by atoms with E-state index in [1.165, 1.54) is 21.7 Å². The number of thiophene rings is 1. The molecule has 200 valence electrons. The van der Waals surface area contributed by atoms with Crippen molar-refractivity contribution in [2.45, 2.75) is 23.6 Å². The predicted octanol–water partition coefficient (Wildman–Crippen LogP) is 5.06. The molecule has 1 aromatic carbocycles. The first kappa shape index (κ1) is 26.8. The van der Waals surface area contributed by atoms with Gasteiger partial charge in [-0.2, -0.15) is 4.31 Å². The fourth-order valence-electron chi connectivity index (χ4n) is 4.45. The molecule has 0 aliphatic carbocycles. The Hall–Kier alpha value is -2.77. The number of amides is 1. The first-order valence-corrected chi connectivity index (χ1v) is 15.2. The zero-order valence-electron chi connectivity index (χ0n) is 20.7. The van der Waals surface area contributed by atoms with E-state index >= 15 is 0 Å². The number of hydrogen-bond donors (Lipinski definition) is 0. The van der Waals surface area contributed by atoms with Gasteiger partial charge in [0, 0.05) is 25.5 Å². The van der Waals surface area contributed by atoms with Gasteiger partial charge in [0.15, 0.2) is 5.13 Å². The van der Waals surface area contributed by atoms with Crippen LogP contribution in [0.1, 0.15) is 18.4 Å². The van der Waals surface area contributed by atoms with E-state index in [-0.39, 0.29) is 23.2 Å². The highest BCUT2D eigenvalue weighted by molar-refractivity contribution is 7.91. The molecule has 9 nitrogen and oxygen atoms in total. The Labute approximate surface area is 233 Å². The molecule has 1 saturated heterocycles. The van der Waals surface area contributed by atoms with Gasteiger partial charge in [-0.25, -0.2) is 13.4 Å². The third-order valence-corrected chi connectivity index (χ3v) is 11.0. The number of hydrogen-bond acceptors (Lipinski definition) is 9. The minimum atomic E-state index is -3.75. The van der Waals surface area contributed by atoms with E-state index < -0.39 is 15.9 Å². The summed E-state index contributed by atoms with van der Waals surface area (Å²) < 4.78 is 40.3. The zero-order chi connectivity index (χ0) is 26.9. The Bertz CT molecular complexity index is 1520. The van der Waals surface area contributed by atoms with Crippen LogP contribution in [0.5, 0.6) is 11.5 Å². The van der Waals surface area contributed by atoms with Gasteiger partial charge < -0.3 is 9.47 Å². The van der Waals surface area contributed by atoms with Gasteiger partial charge in [-0.3, -0.25) is 14.7 Å². The minimum Gasteiger partial charge on any atom is -0.495 e. The Kier molecular flexibility index (Phi) is 7.87. The molecule has 1 fully saturated rings. The van der Waals surface area contributed by atoms with Crippen LogP contribution in [-0.2, 0) is 21.4 Å². The molecule has 5 rings (SSSR count). The number of rotatable bonds is 8. The van der Waals surface area contributed by atoms with Crippen LogP contribution in [-0.4, -0.2) is 55.9 Å². The summed E-state index contributed by atoms with van der Waals surface area (Å²) in [6.45, 7) is 0.665. The van der Waals surface area contributed by atoms with Crippen molar-refractivity contribution in [1.29, 1.82) is 0 Å². The molecule has 3 aromatic heterocycles. The van der Waals surface area contributed by atoms with Crippen LogP contribution in [0.3, 0.4) is 0 Å². The molecule has 38 heavy (non-hydrogen) atoms. The van der Waals surface area contributed by atoms with E-state index in [1.54, 1.807) is 49.7 Å². The number of benzene rings is 1. The van der Waals surface area contributed by atoms with Crippen molar-refractivity contribution < 1.29 is 22.7 Å². The number of nitrogens with zero attached hydrogens (tertiary/aromatic N) is 4. The Morgan fingerprint density at radius 3 is 2.63 bits per heavy atom. The molecular weight excluding hydrogens is 568 g/mol. The van der Waals surface area contributed by atoms with Crippen molar-refractivity contribution in [3.05, 3.63) is 58.7 Å². The van der Waals surface area contributed by atoms with Crippen LogP contribution >= 0.6 is 34.3 Å². The molecule has 0 bridgehead atoms. The number of piperidine rings is 1. The topological polar surface area (TPSA) is 102 Å². The second-order valence-corrected chi connectivity index (χ2v) is 13.5. The quantitative estimate of drug-likeness (QED) is 0.282. The number of ether oxygens (including phenoxy) is 2. The highest BCUT2D eigenvalue weighted by Gasteiger charge is 2.37. The molecule has 0 saturated carbocycles. The van der Waals surface area contributed by atoms with Gasteiger partial charge in [-0.15, -0.1) is 11.3 Å². The fraction of sp³-hybridized carbons (Fsp3) is 0.320. The van der Waals surface area contributed by atoms with E-state index in [1.807, 2.05) is 12.1 Å². The number of aromatic nitrogens is 2. The van der Waals surface area contributed by atoms with Crippen molar-refractivity contribution in [3.8, 4) is 11.5 Å². The van der Waals surface area contributed by atoms with Crippen LogP contribution < -0.4 is 14.4 Å². The van der Waals surface area contributed by atoms with Crippen LogP contribution in [0.2, 0.25) is 4.34 Å². The number of carbonyl (C=O) groups is 1. The minimum absolute atomic E-state index is 0.0811. The highest BCUT2D eigenvalue weighted by Crippen LogP contribution is 2.41. The lowest BCUT2D eigenvalue weighted by atomic mass is 9.98. The van der Waals surface area contributed by atoms with Gasteiger partial charge in [0.05, 0.1) is 31.0 Å². The SMILES string of the molecule is COc1ccc(OC)c2sc(N(Cc3cccnc3)C(=O)C3CCCN(S(=O)(=O)c4ccc(Cl)s4)C3)nc12. The van der Waals surface area contributed by atoms with E-state index in [0.717, 1.165) is 21.6 Å². The van der Waals surface area contributed by atoms with Crippen LogP contribution in [0, 0.1) is 5.92 Å². The maximum absolute atomic E-state index is 14.1. The van der Waals surface area contributed by atoms with Gasteiger partial charge in [-0.1, -0.05) is 29.0 Å². The first-order valence-electron chi connectivity index (χ1n) is 11.8. The molecule has 1 aliphatic rings. The third kappa shape index (κ3) is 5.23. The number of thiazole rings is 1. The summed E-state index contributed by atoms with van der Waals surface area (Å²) in [4.78, 5) is 24.7. The third-order valence-electron chi connectivity index (χ3n) is 6.34. The van der Waals surface area contributed by atoms with Gasteiger partial charge in [-0.05, 0) is 48.7 Å². The summed E-state index contributed by atoms with van der Waals surface area (Å²) in [5.41, 5.74) is 1.42. The summed E-state index contributed by atoms with van der Waals surface area (Å²) in [6.07, 6.45) is 4.50. The molecule has 1 aliphatic heterocycles. The fourth-order valence-corrected chi connectivity index (χ4v) is 8.69. The number of fused-ring (bicyclic) bond motifs is 1. The molecule has 0 N–H and O–H groups in total. The smallest absolute Gasteiger partial charge is 0.252 e. The lowest BCUT2D eigenvalue weighted by Gasteiger charge is -2.33. The Morgan fingerprint density at radius 1 is 1.16 bits per heavy atom. The first-order chi connectivity index (χ1) is 18.3. The largest absolute Gasteiger partial charge is 0.495 e. The van der Waals surface area contributed by atoms with Crippen LogP contribution in [0.4, 0.5) is 5.13 Å². The molecule has 1 unspecified atom stereocenters. The zero-order valence-corrected chi connectivity index (χ0v) is 23.9. The van der Waals surface area contributed by atoms with Gasteiger partial charge in [0.2, 0.25) is 5.91 Å². The highest BCUT2D eigenvalue weighted by atomic mass is 35.5. The number of sulfonamides is 1. The molecule has 1 atom stereocenters. The van der Waals surface area contributed by atoms with Crippen molar-refractivity contribution >= 4 is 65.6 Å². The molecule has 1 amide bonds. The van der Waals surface area contributed by atoms with Crippen molar-refractivity contribution in [3.63, 3.8) is 0 Å². The predicted molar refractivity (Wildman–Crippen MR) is 149 cm³/mol.